The van der Waals surface area contributed by atoms with Gasteiger partial charge in [0.25, 0.3) is 0 Å². The Bertz CT molecular complexity index is 675. The van der Waals surface area contributed by atoms with Gasteiger partial charge in [0.15, 0.2) is 0 Å². The predicted molar refractivity (Wildman–Crippen MR) is 100 cm³/mol. The van der Waals surface area contributed by atoms with E-state index < -0.39 is 11.8 Å². The van der Waals surface area contributed by atoms with Gasteiger partial charge in [0.2, 0.25) is 5.91 Å². The molecule has 1 amide bonds. The maximum Gasteiger partial charge on any atom is 0.302 e. The van der Waals surface area contributed by atoms with Gasteiger partial charge in [-0.1, -0.05) is 13.8 Å². The largest absolute Gasteiger partial charge is 0.462 e. The van der Waals surface area contributed by atoms with Gasteiger partial charge < -0.3 is 10.5 Å². The molecule has 0 aromatic rings. The van der Waals surface area contributed by atoms with Crippen LogP contribution in [0.1, 0.15) is 72.1 Å². The lowest BCUT2D eigenvalue weighted by atomic mass is 9.44. The number of rotatable bonds is 2. The second kappa shape index (κ2) is 6.31. The van der Waals surface area contributed by atoms with Crippen molar-refractivity contribution < 1.29 is 19.1 Å². The van der Waals surface area contributed by atoms with Crippen LogP contribution >= 0.6 is 0 Å². The summed E-state index contributed by atoms with van der Waals surface area (Å²) in [4.78, 5) is 35.9. The highest BCUT2D eigenvalue weighted by Gasteiger charge is 2.62. The summed E-state index contributed by atoms with van der Waals surface area (Å²) in [5.41, 5.74) is 5.67. The molecule has 27 heavy (non-hydrogen) atoms. The predicted octanol–water partition coefficient (Wildman–Crippen LogP) is 3.24. The van der Waals surface area contributed by atoms with Crippen molar-refractivity contribution >= 4 is 17.7 Å². The molecule has 4 fully saturated rings. The number of hydrogen-bond acceptors (Lipinski definition) is 4. The number of amides is 1. The number of primary amides is 1. The van der Waals surface area contributed by atoms with Crippen LogP contribution in [0.5, 0.6) is 0 Å². The minimum absolute atomic E-state index is 0.0252. The minimum Gasteiger partial charge on any atom is -0.462 e. The summed E-state index contributed by atoms with van der Waals surface area (Å²) in [6.45, 7) is 6.15. The summed E-state index contributed by atoms with van der Waals surface area (Å²) in [5, 5.41) is 0. The van der Waals surface area contributed by atoms with Gasteiger partial charge in [-0.05, 0) is 74.0 Å². The fraction of sp³-hybridized carbons (Fsp3) is 0.864. The molecule has 5 heteroatoms. The Morgan fingerprint density at radius 1 is 1.04 bits per heavy atom. The first-order chi connectivity index (χ1) is 12.7. The van der Waals surface area contributed by atoms with Crippen molar-refractivity contribution in [2.75, 3.05) is 0 Å². The maximum absolute atomic E-state index is 12.4. The minimum atomic E-state index is -0.601. The molecular formula is C22H33NO4. The van der Waals surface area contributed by atoms with E-state index in [-0.39, 0.29) is 28.7 Å². The van der Waals surface area contributed by atoms with E-state index in [1.165, 1.54) is 6.92 Å². The van der Waals surface area contributed by atoms with E-state index in [9.17, 15) is 14.4 Å². The molecule has 0 aromatic heterocycles. The molecule has 2 N–H and O–H groups in total. The van der Waals surface area contributed by atoms with Crippen LogP contribution in [-0.4, -0.2) is 23.8 Å². The first kappa shape index (κ1) is 18.9. The molecule has 150 valence electrons. The molecule has 4 rings (SSSR count). The van der Waals surface area contributed by atoms with Crippen molar-refractivity contribution in [2.45, 2.75) is 78.2 Å². The molecule has 0 aliphatic heterocycles. The lowest BCUT2D eigenvalue weighted by Gasteiger charge is -2.60. The van der Waals surface area contributed by atoms with E-state index >= 15 is 0 Å². The van der Waals surface area contributed by atoms with Crippen LogP contribution in [0.15, 0.2) is 0 Å². The molecule has 4 saturated carbocycles. The van der Waals surface area contributed by atoms with Crippen LogP contribution in [0, 0.1) is 40.4 Å². The molecule has 0 radical (unpaired) electrons. The monoisotopic (exact) mass is 375 g/mol. The van der Waals surface area contributed by atoms with E-state index in [0.29, 0.717) is 36.5 Å². The zero-order valence-corrected chi connectivity index (χ0v) is 16.8. The molecule has 0 heterocycles. The number of nitrogens with two attached hydrogens (primary N) is 1. The molecule has 0 spiro atoms. The first-order valence-corrected chi connectivity index (χ1v) is 10.7. The third kappa shape index (κ3) is 2.75. The van der Waals surface area contributed by atoms with Crippen molar-refractivity contribution in [1.29, 1.82) is 0 Å². The van der Waals surface area contributed by atoms with E-state index in [4.69, 9.17) is 10.5 Å². The molecule has 0 aromatic carbocycles. The smallest absolute Gasteiger partial charge is 0.302 e. The van der Waals surface area contributed by atoms with Crippen molar-refractivity contribution in [3.05, 3.63) is 0 Å². The Morgan fingerprint density at radius 2 is 1.74 bits per heavy atom. The van der Waals surface area contributed by atoms with Gasteiger partial charge in [-0.3, -0.25) is 14.4 Å². The molecule has 4 aliphatic carbocycles. The van der Waals surface area contributed by atoms with Gasteiger partial charge in [0.05, 0.1) is 5.92 Å². The number of carbonyl (C=O) groups excluding carboxylic acids is 3. The van der Waals surface area contributed by atoms with Gasteiger partial charge in [-0.15, -0.1) is 0 Å². The van der Waals surface area contributed by atoms with Gasteiger partial charge in [-0.2, -0.15) is 0 Å². The van der Waals surface area contributed by atoms with Gasteiger partial charge in [0.1, 0.15) is 11.9 Å². The number of carbonyl (C=O) groups is 3. The molecule has 5 nitrogen and oxygen atoms in total. The zero-order valence-electron chi connectivity index (χ0n) is 16.8. The average Bonchev–Trinajstić information content (AvgIpc) is 2.91. The summed E-state index contributed by atoms with van der Waals surface area (Å²) in [7, 11) is 0. The number of ketones is 1. The number of esters is 1. The van der Waals surface area contributed by atoms with Crippen LogP contribution in [-0.2, 0) is 19.1 Å². The summed E-state index contributed by atoms with van der Waals surface area (Å²) < 4.78 is 5.71. The van der Waals surface area contributed by atoms with E-state index in [1.54, 1.807) is 0 Å². The normalized spacial score (nSPS) is 48.9. The van der Waals surface area contributed by atoms with Crippen LogP contribution < -0.4 is 5.73 Å². The van der Waals surface area contributed by atoms with Crippen molar-refractivity contribution in [3.8, 4) is 0 Å². The van der Waals surface area contributed by atoms with E-state index in [0.717, 1.165) is 38.5 Å². The fourth-order valence-corrected chi connectivity index (χ4v) is 7.73. The SMILES string of the molecule is CC(=O)O[C@H]1CCC2C3CCC4CC(=O)[C@H](C(N)=O)C[C@]4(C)C3CC[C@@]21C. The molecular weight excluding hydrogens is 342 g/mol. The first-order valence-electron chi connectivity index (χ1n) is 10.7. The van der Waals surface area contributed by atoms with Gasteiger partial charge in [-0.25, -0.2) is 0 Å². The Kier molecular flexibility index (Phi) is 4.43. The van der Waals surface area contributed by atoms with Gasteiger partial charge in [0, 0.05) is 18.8 Å². The Balaban J connectivity index is 1.60. The Labute approximate surface area is 161 Å². The molecule has 0 bridgehead atoms. The van der Waals surface area contributed by atoms with Crippen LogP contribution in [0.3, 0.4) is 0 Å². The van der Waals surface area contributed by atoms with Crippen molar-refractivity contribution in [2.24, 2.45) is 46.2 Å². The average molecular weight is 376 g/mol. The van der Waals surface area contributed by atoms with Gasteiger partial charge >= 0.3 is 5.97 Å². The summed E-state index contributed by atoms with van der Waals surface area (Å²) >= 11 is 0. The summed E-state index contributed by atoms with van der Waals surface area (Å²) in [5.74, 6) is 0.941. The topological polar surface area (TPSA) is 86.5 Å². The lowest BCUT2D eigenvalue weighted by molar-refractivity contribution is -0.164. The standard InChI is InChI=1S/C22H33NO4/c1-12(24)27-19-7-6-16-14-5-4-13-10-18(25)15(20(23)26)11-22(13,3)17(14)8-9-21(16,19)2/h13-17,19H,4-11H2,1-3H3,(H2,23,26)/t13?,14?,15-,16?,17?,19+,21+,22+/m1/s1. The van der Waals surface area contributed by atoms with Crippen LogP contribution in [0.2, 0.25) is 0 Å². The van der Waals surface area contributed by atoms with Crippen LogP contribution in [0.25, 0.3) is 0 Å². The number of hydrogen-bond donors (Lipinski definition) is 1. The van der Waals surface area contributed by atoms with E-state index in [1.807, 2.05) is 0 Å². The second-order valence-corrected chi connectivity index (χ2v) is 10.2. The number of Topliss-reactive ketones (excluding diaryl/α,β-unsaturated/α-hetero) is 1. The highest BCUT2D eigenvalue weighted by molar-refractivity contribution is 6.01. The quantitative estimate of drug-likeness (QED) is 0.593. The summed E-state index contributed by atoms with van der Waals surface area (Å²) in [6.07, 6.45) is 7.66. The molecule has 8 atom stereocenters. The van der Waals surface area contributed by atoms with Crippen molar-refractivity contribution in [1.82, 2.24) is 0 Å². The maximum atomic E-state index is 12.4. The van der Waals surface area contributed by atoms with Crippen LogP contribution in [0.4, 0.5) is 0 Å². The van der Waals surface area contributed by atoms with Crippen molar-refractivity contribution in [3.63, 3.8) is 0 Å². The molecule has 0 saturated heterocycles. The molecule has 4 aliphatic rings. The Morgan fingerprint density at radius 3 is 2.41 bits per heavy atom. The third-order valence-corrected chi connectivity index (χ3v) is 9.11. The fourth-order valence-electron chi connectivity index (χ4n) is 7.73. The number of ether oxygens (including phenoxy) is 1. The highest BCUT2D eigenvalue weighted by Crippen LogP contribution is 2.66. The highest BCUT2D eigenvalue weighted by atomic mass is 16.5. The lowest BCUT2D eigenvalue weighted by Crippen LogP contribution is -2.56. The third-order valence-electron chi connectivity index (χ3n) is 9.11. The number of fused-ring (bicyclic) bond motifs is 5. The van der Waals surface area contributed by atoms with E-state index in [2.05, 4.69) is 13.8 Å². The zero-order chi connectivity index (χ0) is 19.6. The summed E-state index contributed by atoms with van der Waals surface area (Å²) in [6, 6.07) is 0. The Hall–Kier alpha value is -1.39. The molecule has 4 unspecified atom stereocenters. The second-order valence-electron chi connectivity index (χ2n) is 10.2.